The minimum absolute atomic E-state index is 0.0413. The Labute approximate surface area is 199 Å². The van der Waals surface area contributed by atoms with Gasteiger partial charge < -0.3 is 20.1 Å². The van der Waals surface area contributed by atoms with Gasteiger partial charge in [-0.15, -0.1) is 0 Å². The third kappa shape index (κ3) is 4.91. The maximum Gasteiger partial charge on any atom is 0.249 e. The van der Waals surface area contributed by atoms with Gasteiger partial charge in [-0.2, -0.15) is 16.9 Å². The minimum Gasteiger partial charge on any atom is -0.454 e. The molecule has 1 aromatic heterocycles. The number of halogens is 1. The summed E-state index contributed by atoms with van der Waals surface area (Å²) in [7, 11) is 0. The van der Waals surface area contributed by atoms with Crippen LogP contribution in [-0.4, -0.2) is 28.4 Å². The van der Waals surface area contributed by atoms with Gasteiger partial charge in [0.15, 0.2) is 11.5 Å². The summed E-state index contributed by atoms with van der Waals surface area (Å²) < 4.78 is 25.2. The van der Waals surface area contributed by atoms with Crippen LogP contribution in [0.2, 0.25) is 0 Å². The van der Waals surface area contributed by atoms with Gasteiger partial charge in [0.05, 0.1) is 5.69 Å². The lowest BCUT2D eigenvalue weighted by atomic mass is 10.2. The largest absolute Gasteiger partial charge is 0.454 e. The monoisotopic (exact) mass is 480 g/mol. The van der Waals surface area contributed by atoms with E-state index in [9.17, 15) is 14.0 Å². The third-order valence-electron chi connectivity index (χ3n) is 5.38. The molecule has 2 N–H and O–H groups in total. The lowest BCUT2D eigenvalue weighted by Crippen LogP contribution is -2.28. The fourth-order valence-electron chi connectivity index (χ4n) is 3.66. The van der Waals surface area contributed by atoms with Crippen LogP contribution in [0.25, 0.3) is 6.08 Å². The van der Waals surface area contributed by atoms with Gasteiger partial charge in [0.2, 0.25) is 18.6 Å². The standard InChI is InChI=1S/C24H21FN4O4S/c25-17-5-1-16(2-6-17)10-26-23(31)11-29-24(18-12-34-13-19(18)28-29)27-22(30)8-4-15-3-7-20-21(9-15)33-14-32-20/h1-9H,10-14H2,(H,26,31)(H,27,30). The number of anilines is 1. The number of hydrogen-bond donors (Lipinski definition) is 2. The van der Waals surface area contributed by atoms with E-state index in [-0.39, 0.29) is 37.5 Å². The molecule has 2 aromatic carbocycles. The fraction of sp³-hybridized carbons (Fsp3) is 0.208. The van der Waals surface area contributed by atoms with E-state index in [0.29, 0.717) is 23.1 Å². The van der Waals surface area contributed by atoms with Gasteiger partial charge in [0.1, 0.15) is 18.2 Å². The molecule has 0 unspecified atom stereocenters. The van der Waals surface area contributed by atoms with Crippen LogP contribution in [0.1, 0.15) is 22.4 Å². The topological polar surface area (TPSA) is 94.5 Å². The average Bonchev–Trinajstić information content (AvgIpc) is 3.55. The Morgan fingerprint density at radius 2 is 1.94 bits per heavy atom. The van der Waals surface area contributed by atoms with E-state index >= 15 is 0 Å². The number of amides is 2. The first-order valence-corrected chi connectivity index (χ1v) is 11.8. The zero-order valence-electron chi connectivity index (χ0n) is 18.0. The van der Waals surface area contributed by atoms with Gasteiger partial charge in [-0.3, -0.25) is 9.59 Å². The van der Waals surface area contributed by atoms with E-state index in [1.54, 1.807) is 42.1 Å². The summed E-state index contributed by atoms with van der Waals surface area (Å²) in [5, 5.41) is 10.2. The SMILES string of the molecule is O=C(C=Cc1ccc2c(c1)OCO2)Nc1c2c(nn1CC(=O)NCc1ccc(F)cc1)CSC2. The van der Waals surface area contributed by atoms with Crippen molar-refractivity contribution in [2.24, 2.45) is 0 Å². The van der Waals surface area contributed by atoms with Gasteiger partial charge >= 0.3 is 0 Å². The summed E-state index contributed by atoms with van der Waals surface area (Å²) in [6.07, 6.45) is 3.11. The van der Waals surface area contributed by atoms with Crippen LogP contribution in [0, 0.1) is 5.82 Å². The number of rotatable bonds is 7. The summed E-state index contributed by atoms with van der Waals surface area (Å²) in [5.74, 6) is 2.38. The van der Waals surface area contributed by atoms with Crippen molar-refractivity contribution in [3.05, 3.63) is 76.7 Å². The number of nitrogens with zero attached hydrogens (tertiary/aromatic N) is 2. The maximum absolute atomic E-state index is 13.1. The van der Waals surface area contributed by atoms with E-state index in [1.165, 1.54) is 22.9 Å². The minimum atomic E-state index is -0.328. The van der Waals surface area contributed by atoms with Crippen molar-refractivity contribution in [1.29, 1.82) is 0 Å². The van der Waals surface area contributed by atoms with E-state index < -0.39 is 0 Å². The van der Waals surface area contributed by atoms with Crippen molar-refractivity contribution in [1.82, 2.24) is 15.1 Å². The molecule has 0 spiro atoms. The van der Waals surface area contributed by atoms with Crippen LogP contribution in [0.4, 0.5) is 10.2 Å². The summed E-state index contributed by atoms with van der Waals surface area (Å²) >= 11 is 1.71. The van der Waals surface area contributed by atoms with Crippen LogP contribution in [-0.2, 0) is 34.2 Å². The second-order valence-corrected chi connectivity index (χ2v) is 8.75. The van der Waals surface area contributed by atoms with E-state index in [4.69, 9.17) is 9.47 Å². The molecule has 0 aliphatic carbocycles. The molecule has 0 bridgehead atoms. The van der Waals surface area contributed by atoms with Gasteiger partial charge in [0, 0.05) is 29.7 Å². The molecule has 8 nitrogen and oxygen atoms in total. The lowest BCUT2D eigenvalue weighted by Gasteiger charge is -2.10. The van der Waals surface area contributed by atoms with Gasteiger partial charge in [-0.1, -0.05) is 18.2 Å². The van der Waals surface area contributed by atoms with Crippen molar-refractivity contribution in [3.63, 3.8) is 0 Å². The molecule has 3 aromatic rings. The van der Waals surface area contributed by atoms with Gasteiger partial charge in [0.25, 0.3) is 0 Å². The van der Waals surface area contributed by atoms with E-state index in [1.807, 2.05) is 6.07 Å². The number of thioether (sulfide) groups is 1. The quantitative estimate of drug-likeness (QED) is 0.503. The van der Waals surface area contributed by atoms with Crippen molar-refractivity contribution in [2.45, 2.75) is 24.6 Å². The molecule has 174 valence electrons. The van der Waals surface area contributed by atoms with Crippen molar-refractivity contribution in [3.8, 4) is 11.5 Å². The summed E-state index contributed by atoms with van der Waals surface area (Å²) in [6.45, 7) is 0.420. The van der Waals surface area contributed by atoms with Crippen molar-refractivity contribution < 1.29 is 23.5 Å². The van der Waals surface area contributed by atoms with Gasteiger partial charge in [-0.05, 0) is 41.5 Å². The van der Waals surface area contributed by atoms with Crippen LogP contribution >= 0.6 is 11.8 Å². The molecule has 0 saturated carbocycles. The van der Waals surface area contributed by atoms with Gasteiger partial charge in [-0.25, -0.2) is 9.07 Å². The Balaban J connectivity index is 1.24. The van der Waals surface area contributed by atoms with E-state index in [2.05, 4.69) is 15.7 Å². The molecule has 10 heteroatoms. The zero-order chi connectivity index (χ0) is 23.5. The second-order valence-electron chi connectivity index (χ2n) is 7.76. The molecule has 0 radical (unpaired) electrons. The highest BCUT2D eigenvalue weighted by molar-refractivity contribution is 7.98. The molecule has 0 fully saturated rings. The normalized spacial score (nSPS) is 13.8. The Morgan fingerprint density at radius 1 is 1.12 bits per heavy atom. The number of carbonyl (C=O) groups is 2. The molecule has 2 aliphatic heterocycles. The fourth-order valence-corrected chi connectivity index (χ4v) is 4.70. The highest BCUT2D eigenvalue weighted by Gasteiger charge is 2.24. The van der Waals surface area contributed by atoms with Crippen LogP contribution in [0.5, 0.6) is 11.5 Å². The molecule has 2 amide bonds. The first-order valence-electron chi connectivity index (χ1n) is 10.6. The number of aromatic nitrogens is 2. The number of benzene rings is 2. The Hall–Kier alpha value is -3.79. The summed E-state index contributed by atoms with van der Waals surface area (Å²) in [5.41, 5.74) is 3.39. The van der Waals surface area contributed by atoms with E-state index in [0.717, 1.165) is 28.1 Å². The van der Waals surface area contributed by atoms with Crippen LogP contribution in [0.3, 0.4) is 0 Å². The molecule has 34 heavy (non-hydrogen) atoms. The Kier molecular flexibility index (Phi) is 6.22. The number of carbonyl (C=O) groups excluding carboxylic acids is 2. The first-order chi connectivity index (χ1) is 16.5. The third-order valence-corrected chi connectivity index (χ3v) is 6.35. The average molecular weight is 481 g/mol. The first kappa shape index (κ1) is 22.0. The molecule has 3 heterocycles. The highest BCUT2D eigenvalue weighted by atomic mass is 32.2. The molecule has 2 aliphatic rings. The lowest BCUT2D eigenvalue weighted by molar-refractivity contribution is -0.122. The number of ether oxygens (including phenoxy) is 2. The molecular formula is C24H21FN4O4S. The zero-order valence-corrected chi connectivity index (χ0v) is 18.9. The molecule has 0 saturated heterocycles. The van der Waals surface area contributed by atoms with Crippen LogP contribution < -0.4 is 20.1 Å². The maximum atomic E-state index is 13.1. The molecular weight excluding hydrogens is 459 g/mol. The predicted molar refractivity (Wildman–Crippen MR) is 126 cm³/mol. The summed E-state index contributed by atoms with van der Waals surface area (Å²) in [4.78, 5) is 25.2. The molecule has 0 atom stereocenters. The second kappa shape index (κ2) is 9.60. The number of hydrogen-bond acceptors (Lipinski definition) is 6. The molecule has 5 rings (SSSR count). The van der Waals surface area contributed by atoms with Crippen LogP contribution in [0.15, 0.2) is 48.5 Å². The van der Waals surface area contributed by atoms with Crippen molar-refractivity contribution >= 4 is 35.5 Å². The smallest absolute Gasteiger partial charge is 0.249 e. The Bertz CT molecular complexity index is 1270. The number of nitrogens with one attached hydrogen (secondary N) is 2. The summed E-state index contributed by atoms with van der Waals surface area (Å²) in [6, 6.07) is 11.4. The Morgan fingerprint density at radius 3 is 2.79 bits per heavy atom. The predicted octanol–water partition coefficient (Wildman–Crippen LogP) is 3.47. The number of fused-ring (bicyclic) bond motifs is 2. The highest BCUT2D eigenvalue weighted by Crippen LogP contribution is 2.35. The van der Waals surface area contributed by atoms with Crippen molar-refractivity contribution in [2.75, 3.05) is 12.1 Å².